The van der Waals surface area contributed by atoms with E-state index in [2.05, 4.69) is 15.5 Å². The first-order chi connectivity index (χ1) is 11.3. The van der Waals surface area contributed by atoms with Crippen molar-refractivity contribution in [3.63, 3.8) is 0 Å². The zero-order valence-electron chi connectivity index (χ0n) is 12.6. The van der Waals surface area contributed by atoms with E-state index in [9.17, 15) is 4.79 Å². The van der Waals surface area contributed by atoms with Gasteiger partial charge in [-0.1, -0.05) is 11.2 Å². The summed E-state index contributed by atoms with van der Waals surface area (Å²) in [5.41, 5.74) is 0.895. The zero-order chi connectivity index (χ0) is 16.1. The Hall–Kier alpha value is -2.67. The maximum atomic E-state index is 11.8. The third-order valence-corrected chi connectivity index (χ3v) is 4.06. The van der Waals surface area contributed by atoms with Crippen molar-refractivity contribution in [2.75, 3.05) is 0 Å². The minimum absolute atomic E-state index is 0.199. The van der Waals surface area contributed by atoms with E-state index in [0.717, 1.165) is 17.1 Å². The van der Waals surface area contributed by atoms with Crippen LogP contribution < -0.4 is 5.32 Å². The molecular weight excluding hydrogens is 312 g/mol. The summed E-state index contributed by atoms with van der Waals surface area (Å²) in [4.78, 5) is 17.1. The smallest absolute Gasteiger partial charge is 0.246 e. The highest BCUT2D eigenvalue weighted by atomic mass is 32.1. The number of rotatable bonds is 6. The molecule has 3 aromatic rings. The zero-order valence-corrected chi connectivity index (χ0v) is 13.4. The molecule has 0 aromatic carbocycles. The molecule has 0 aliphatic carbocycles. The first-order valence-corrected chi connectivity index (χ1v) is 8.11. The maximum absolute atomic E-state index is 11.8. The van der Waals surface area contributed by atoms with Crippen molar-refractivity contribution in [3.05, 3.63) is 52.7 Å². The highest BCUT2D eigenvalue weighted by Gasteiger charge is 2.11. The number of amides is 1. The monoisotopic (exact) mass is 328 g/mol. The quantitative estimate of drug-likeness (QED) is 0.706. The fourth-order valence-corrected chi connectivity index (χ4v) is 2.71. The minimum atomic E-state index is -0.199. The topological polar surface area (TPSA) is 73.0 Å². The number of nitrogens with zero attached hydrogens (tertiary/aromatic N) is 3. The van der Waals surface area contributed by atoms with E-state index < -0.39 is 0 Å². The summed E-state index contributed by atoms with van der Waals surface area (Å²) in [5, 5.41) is 8.64. The van der Waals surface area contributed by atoms with E-state index in [1.54, 1.807) is 17.4 Å². The molecule has 1 N–H and O–H groups in total. The number of aromatic nitrogens is 3. The van der Waals surface area contributed by atoms with E-state index >= 15 is 0 Å². The van der Waals surface area contributed by atoms with E-state index in [4.69, 9.17) is 4.52 Å². The van der Waals surface area contributed by atoms with Gasteiger partial charge in [-0.3, -0.25) is 4.79 Å². The molecule has 0 atom stereocenters. The van der Waals surface area contributed by atoms with Gasteiger partial charge in [0.1, 0.15) is 0 Å². The number of nitrogens with one attached hydrogen (secondary N) is 1. The van der Waals surface area contributed by atoms with Gasteiger partial charge in [0.25, 0.3) is 0 Å². The molecule has 0 bridgehead atoms. The van der Waals surface area contributed by atoms with Crippen molar-refractivity contribution >= 4 is 23.3 Å². The molecule has 0 aliphatic rings. The summed E-state index contributed by atoms with van der Waals surface area (Å²) < 4.78 is 7.20. The van der Waals surface area contributed by atoms with Crippen LogP contribution in [0.25, 0.3) is 17.6 Å². The van der Waals surface area contributed by atoms with Crippen LogP contribution in [0.1, 0.15) is 17.7 Å². The van der Waals surface area contributed by atoms with Gasteiger partial charge in [-0.25, -0.2) is 0 Å². The maximum Gasteiger partial charge on any atom is 0.246 e. The normalized spacial score (nSPS) is 11.2. The van der Waals surface area contributed by atoms with Crippen molar-refractivity contribution in [3.8, 4) is 11.5 Å². The highest BCUT2D eigenvalue weighted by Crippen LogP contribution is 2.16. The van der Waals surface area contributed by atoms with Crippen molar-refractivity contribution in [2.24, 2.45) is 0 Å². The Balaban J connectivity index is 1.58. The van der Waals surface area contributed by atoms with Gasteiger partial charge in [-0.2, -0.15) is 4.98 Å². The number of carbonyl (C=O) groups is 1. The van der Waals surface area contributed by atoms with Crippen LogP contribution in [0.3, 0.4) is 0 Å². The molecule has 0 fully saturated rings. The molecule has 3 aromatic heterocycles. The van der Waals surface area contributed by atoms with Crippen LogP contribution in [0.15, 0.2) is 46.4 Å². The Labute approximate surface area is 137 Å². The number of aryl methyl sites for hydroxylation is 1. The number of thiophene rings is 1. The number of hydrogen-bond donors (Lipinski definition) is 1. The first-order valence-electron chi connectivity index (χ1n) is 7.24. The lowest BCUT2D eigenvalue weighted by molar-refractivity contribution is -0.116. The highest BCUT2D eigenvalue weighted by molar-refractivity contribution is 7.10. The van der Waals surface area contributed by atoms with Gasteiger partial charge < -0.3 is 14.4 Å². The molecule has 1 amide bonds. The summed E-state index contributed by atoms with van der Waals surface area (Å²) in [6.07, 6.45) is 5.22. The van der Waals surface area contributed by atoms with Crippen LogP contribution in [0.5, 0.6) is 0 Å². The summed E-state index contributed by atoms with van der Waals surface area (Å²) in [5.74, 6) is 0.701. The third-order valence-electron chi connectivity index (χ3n) is 3.22. The first kappa shape index (κ1) is 15.2. The van der Waals surface area contributed by atoms with Crippen LogP contribution in [0.4, 0.5) is 0 Å². The average Bonchev–Trinajstić information content (AvgIpc) is 3.31. The van der Waals surface area contributed by atoms with Gasteiger partial charge in [0.2, 0.25) is 17.6 Å². The van der Waals surface area contributed by atoms with Crippen molar-refractivity contribution in [1.29, 1.82) is 0 Å². The lowest BCUT2D eigenvalue weighted by Crippen LogP contribution is -2.20. The van der Waals surface area contributed by atoms with Crippen molar-refractivity contribution in [1.82, 2.24) is 20.0 Å². The van der Waals surface area contributed by atoms with Gasteiger partial charge in [-0.05, 0) is 36.6 Å². The molecule has 6 nitrogen and oxygen atoms in total. The summed E-state index contributed by atoms with van der Waals surface area (Å²) in [6.45, 7) is 3.08. The third kappa shape index (κ3) is 3.75. The average molecular weight is 328 g/mol. The lowest BCUT2D eigenvalue weighted by Gasteiger charge is -2.00. The second-order valence-corrected chi connectivity index (χ2v) is 5.74. The Morgan fingerprint density at radius 2 is 2.35 bits per heavy atom. The molecular formula is C16H16N4O2S. The molecule has 3 rings (SSSR count). The van der Waals surface area contributed by atoms with Crippen molar-refractivity contribution in [2.45, 2.75) is 20.0 Å². The summed E-state index contributed by atoms with van der Waals surface area (Å²) in [7, 11) is 0. The van der Waals surface area contributed by atoms with Crippen LogP contribution in [-0.4, -0.2) is 20.6 Å². The molecule has 0 saturated heterocycles. The summed E-state index contributed by atoms with van der Waals surface area (Å²) in [6, 6.07) is 7.75. The second kappa shape index (κ2) is 7.06. The Morgan fingerprint density at radius 3 is 3.13 bits per heavy atom. The molecule has 0 aliphatic heterocycles. The Morgan fingerprint density at radius 1 is 1.43 bits per heavy atom. The molecule has 0 radical (unpaired) electrons. The predicted octanol–water partition coefficient (Wildman–Crippen LogP) is 2.95. The number of hydrogen-bond acceptors (Lipinski definition) is 5. The fourth-order valence-electron chi connectivity index (χ4n) is 2.09. The van der Waals surface area contributed by atoms with E-state index in [1.807, 2.05) is 47.3 Å². The van der Waals surface area contributed by atoms with Crippen LogP contribution in [0.2, 0.25) is 0 Å². The molecule has 0 saturated carbocycles. The lowest BCUT2D eigenvalue weighted by atomic mass is 10.4. The van der Waals surface area contributed by atoms with Crippen LogP contribution in [-0.2, 0) is 17.9 Å². The number of carbonyl (C=O) groups excluding carboxylic acids is 1. The van der Waals surface area contributed by atoms with Gasteiger partial charge in [-0.15, -0.1) is 11.3 Å². The van der Waals surface area contributed by atoms with E-state index in [-0.39, 0.29) is 12.5 Å². The molecule has 0 unspecified atom stereocenters. The van der Waals surface area contributed by atoms with Crippen molar-refractivity contribution < 1.29 is 9.32 Å². The predicted molar refractivity (Wildman–Crippen MR) is 88.6 cm³/mol. The SMILES string of the molecule is CCn1cccc1-c1noc(CNC(=O)C=Cc2cccs2)n1. The summed E-state index contributed by atoms with van der Waals surface area (Å²) >= 11 is 1.57. The van der Waals surface area contributed by atoms with Gasteiger partial charge in [0.15, 0.2) is 0 Å². The van der Waals surface area contributed by atoms with Gasteiger partial charge >= 0.3 is 0 Å². The van der Waals surface area contributed by atoms with Crippen LogP contribution >= 0.6 is 11.3 Å². The molecule has 0 spiro atoms. The minimum Gasteiger partial charge on any atom is -0.345 e. The Kier molecular flexibility index (Phi) is 4.68. The molecule has 118 valence electrons. The Bertz CT molecular complexity index is 802. The molecule has 3 heterocycles. The van der Waals surface area contributed by atoms with E-state index in [1.165, 1.54) is 6.08 Å². The van der Waals surface area contributed by atoms with Crippen LogP contribution in [0, 0.1) is 0 Å². The largest absolute Gasteiger partial charge is 0.345 e. The van der Waals surface area contributed by atoms with Gasteiger partial charge in [0.05, 0.1) is 12.2 Å². The molecule has 23 heavy (non-hydrogen) atoms. The standard InChI is InChI=1S/C16H16N4O2S/c1-2-20-9-3-6-13(20)16-18-15(22-19-16)11-17-14(21)8-7-12-5-4-10-23-12/h3-10H,2,11H2,1H3,(H,17,21). The molecule has 7 heteroatoms. The van der Waals surface area contributed by atoms with E-state index in [0.29, 0.717) is 11.7 Å². The fraction of sp³-hybridized carbons (Fsp3) is 0.188. The second-order valence-electron chi connectivity index (χ2n) is 4.76. The van der Waals surface area contributed by atoms with Gasteiger partial charge in [0, 0.05) is 23.7 Å².